The lowest BCUT2D eigenvalue weighted by molar-refractivity contribution is 0.0549. The maximum absolute atomic E-state index is 5.14. The highest BCUT2D eigenvalue weighted by Crippen LogP contribution is 2.18. The van der Waals surface area contributed by atoms with Crippen molar-refractivity contribution in [2.75, 3.05) is 0 Å². The predicted octanol–water partition coefficient (Wildman–Crippen LogP) is 2.19. The number of hydrogen-bond donors (Lipinski definition) is 1. The van der Waals surface area contributed by atoms with E-state index in [0.29, 0.717) is 0 Å². The van der Waals surface area contributed by atoms with E-state index >= 15 is 0 Å². The molecule has 1 rings (SSSR count). The fraction of sp³-hybridized carbons (Fsp3) is 0.200. The van der Waals surface area contributed by atoms with Gasteiger partial charge in [0.2, 0.25) is 0 Å². The van der Waals surface area contributed by atoms with Gasteiger partial charge in [-0.2, -0.15) is 0 Å². The summed E-state index contributed by atoms with van der Waals surface area (Å²) in [6.45, 7) is 3.64. The lowest BCUT2D eigenvalue weighted by Crippen LogP contribution is -2.08. The Morgan fingerprint density at radius 3 is 2.58 bits per heavy atom. The van der Waals surface area contributed by atoms with E-state index in [9.17, 15) is 0 Å². The fourth-order valence-electron chi connectivity index (χ4n) is 1.09. The van der Waals surface area contributed by atoms with Gasteiger partial charge in [-0.25, -0.2) is 5.90 Å². The first-order valence-corrected chi connectivity index (χ1v) is 3.90. The van der Waals surface area contributed by atoms with E-state index in [1.807, 2.05) is 30.3 Å². The minimum Gasteiger partial charge on any atom is -0.296 e. The summed E-state index contributed by atoms with van der Waals surface area (Å²) >= 11 is 0. The summed E-state index contributed by atoms with van der Waals surface area (Å²) in [6, 6.07) is 9.86. The monoisotopic (exact) mass is 163 g/mol. The van der Waals surface area contributed by atoms with Gasteiger partial charge in [-0.15, -0.1) is 6.58 Å². The second-order valence-corrected chi connectivity index (χ2v) is 2.56. The summed E-state index contributed by atoms with van der Waals surface area (Å²) in [6.07, 6.45) is 2.47. The van der Waals surface area contributed by atoms with Crippen LogP contribution in [0.4, 0.5) is 0 Å². The van der Waals surface area contributed by atoms with Crippen LogP contribution in [0.5, 0.6) is 0 Å². The first-order chi connectivity index (χ1) is 5.88. The van der Waals surface area contributed by atoms with Gasteiger partial charge >= 0.3 is 0 Å². The minimum atomic E-state index is -0.0660. The van der Waals surface area contributed by atoms with Crippen LogP contribution in [0, 0.1) is 0 Å². The van der Waals surface area contributed by atoms with Crippen molar-refractivity contribution in [2.45, 2.75) is 12.5 Å². The first-order valence-electron chi connectivity index (χ1n) is 3.90. The molecule has 1 aromatic carbocycles. The van der Waals surface area contributed by atoms with Crippen molar-refractivity contribution in [3.63, 3.8) is 0 Å². The third-order valence-electron chi connectivity index (χ3n) is 1.72. The highest BCUT2D eigenvalue weighted by Gasteiger charge is 2.07. The molecule has 1 atom stereocenters. The van der Waals surface area contributed by atoms with E-state index in [-0.39, 0.29) is 6.10 Å². The molecule has 0 saturated heterocycles. The zero-order valence-corrected chi connectivity index (χ0v) is 6.94. The molecular formula is C10H13NO. The van der Waals surface area contributed by atoms with Gasteiger partial charge in [0.05, 0.1) is 0 Å². The van der Waals surface area contributed by atoms with Crippen LogP contribution in [-0.2, 0) is 4.84 Å². The normalized spacial score (nSPS) is 12.4. The molecule has 1 aromatic rings. The van der Waals surface area contributed by atoms with Gasteiger partial charge < -0.3 is 0 Å². The van der Waals surface area contributed by atoms with Crippen LogP contribution in [0.25, 0.3) is 0 Å². The minimum absolute atomic E-state index is 0.0660. The molecule has 0 aromatic heterocycles. The van der Waals surface area contributed by atoms with Gasteiger partial charge in [-0.05, 0) is 12.0 Å². The van der Waals surface area contributed by atoms with Crippen LogP contribution < -0.4 is 5.90 Å². The van der Waals surface area contributed by atoms with Crippen molar-refractivity contribution in [1.29, 1.82) is 0 Å². The van der Waals surface area contributed by atoms with E-state index < -0.39 is 0 Å². The summed E-state index contributed by atoms with van der Waals surface area (Å²) in [5, 5.41) is 0. The molecule has 0 heterocycles. The largest absolute Gasteiger partial charge is 0.296 e. The molecule has 0 aliphatic rings. The van der Waals surface area contributed by atoms with E-state index in [1.54, 1.807) is 6.08 Å². The quantitative estimate of drug-likeness (QED) is 0.545. The smallest absolute Gasteiger partial charge is 0.107 e. The molecule has 64 valence electrons. The molecule has 0 aliphatic carbocycles. The molecule has 0 spiro atoms. The van der Waals surface area contributed by atoms with Gasteiger partial charge in [0, 0.05) is 0 Å². The van der Waals surface area contributed by atoms with Crippen molar-refractivity contribution in [2.24, 2.45) is 5.90 Å². The second kappa shape index (κ2) is 4.70. The lowest BCUT2D eigenvalue weighted by Gasteiger charge is -2.11. The Hall–Kier alpha value is -1.12. The van der Waals surface area contributed by atoms with E-state index in [2.05, 4.69) is 6.58 Å². The van der Waals surface area contributed by atoms with Crippen molar-refractivity contribution >= 4 is 0 Å². The Balaban J connectivity index is 2.72. The van der Waals surface area contributed by atoms with Gasteiger partial charge in [0.1, 0.15) is 6.10 Å². The van der Waals surface area contributed by atoms with Crippen molar-refractivity contribution in [1.82, 2.24) is 0 Å². The average molecular weight is 163 g/mol. The van der Waals surface area contributed by atoms with Crippen LogP contribution in [0.2, 0.25) is 0 Å². The number of nitrogens with two attached hydrogens (primary N) is 1. The van der Waals surface area contributed by atoms with E-state index in [0.717, 1.165) is 12.0 Å². The molecule has 12 heavy (non-hydrogen) atoms. The highest BCUT2D eigenvalue weighted by molar-refractivity contribution is 5.17. The maximum atomic E-state index is 5.14. The van der Waals surface area contributed by atoms with Crippen LogP contribution in [0.15, 0.2) is 43.0 Å². The number of hydrogen-bond acceptors (Lipinski definition) is 2. The van der Waals surface area contributed by atoms with Crippen LogP contribution in [0.3, 0.4) is 0 Å². The van der Waals surface area contributed by atoms with E-state index in [1.165, 1.54) is 0 Å². The highest BCUT2D eigenvalue weighted by atomic mass is 16.6. The van der Waals surface area contributed by atoms with Crippen LogP contribution in [0.1, 0.15) is 18.1 Å². The Morgan fingerprint density at radius 1 is 1.42 bits per heavy atom. The molecule has 2 nitrogen and oxygen atoms in total. The summed E-state index contributed by atoms with van der Waals surface area (Å²) in [4.78, 5) is 4.81. The summed E-state index contributed by atoms with van der Waals surface area (Å²) < 4.78 is 0. The van der Waals surface area contributed by atoms with Crippen molar-refractivity contribution in [3.8, 4) is 0 Å². The Bertz CT molecular complexity index is 233. The average Bonchev–Trinajstić information content (AvgIpc) is 2.15. The number of rotatable bonds is 4. The molecule has 0 amide bonds. The zero-order valence-electron chi connectivity index (χ0n) is 6.94. The predicted molar refractivity (Wildman–Crippen MR) is 49.3 cm³/mol. The summed E-state index contributed by atoms with van der Waals surface area (Å²) in [7, 11) is 0. The standard InChI is InChI=1S/C10H13NO/c1-2-6-10(12-11)9-7-4-3-5-8-9/h2-5,7-8,10H,1,6,11H2/t10-/m0/s1. The topological polar surface area (TPSA) is 35.2 Å². The van der Waals surface area contributed by atoms with E-state index in [4.69, 9.17) is 10.7 Å². The molecule has 0 radical (unpaired) electrons. The lowest BCUT2D eigenvalue weighted by atomic mass is 10.1. The molecule has 0 fully saturated rings. The Labute approximate surface area is 72.6 Å². The molecule has 0 bridgehead atoms. The molecule has 0 saturated carbocycles. The van der Waals surface area contributed by atoms with Crippen molar-refractivity contribution in [3.05, 3.63) is 48.6 Å². The van der Waals surface area contributed by atoms with Crippen LogP contribution in [-0.4, -0.2) is 0 Å². The molecule has 2 heteroatoms. The van der Waals surface area contributed by atoms with Crippen molar-refractivity contribution < 1.29 is 4.84 Å². The molecule has 0 aliphatic heterocycles. The molecule has 2 N–H and O–H groups in total. The zero-order chi connectivity index (χ0) is 8.81. The third kappa shape index (κ3) is 2.19. The second-order valence-electron chi connectivity index (χ2n) is 2.56. The fourth-order valence-corrected chi connectivity index (χ4v) is 1.09. The summed E-state index contributed by atoms with van der Waals surface area (Å²) in [5.41, 5.74) is 1.08. The van der Waals surface area contributed by atoms with Gasteiger partial charge in [-0.3, -0.25) is 4.84 Å². The van der Waals surface area contributed by atoms with Gasteiger partial charge in [0.25, 0.3) is 0 Å². The van der Waals surface area contributed by atoms with Gasteiger partial charge in [-0.1, -0.05) is 36.4 Å². The van der Waals surface area contributed by atoms with Gasteiger partial charge in [0.15, 0.2) is 0 Å². The summed E-state index contributed by atoms with van der Waals surface area (Å²) in [5.74, 6) is 5.14. The first kappa shape index (κ1) is 8.97. The Kier molecular flexibility index (Phi) is 3.51. The third-order valence-corrected chi connectivity index (χ3v) is 1.72. The Morgan fingerprint density at radius 2 is 2.08 bits per heavy atom. The molecular weight excluding hydrogens is 150 g/mol. The molecule has 0 unspecified atom stereocenters. The maximum Gasteiger partial charge on any atom is 0.107 e. The van der Waals surface area contributed by atoms with Crippen LogP contribution >= 0.6 is 0 Å². The SMILES string of the molecule is C=CC[C@H](ON)c1ccccc1. The number of benzene rings is 1.